The standard InChI is InChI=1S/C19H28N2O3/c1-19(2,3)14-18(23)21-11-9-20(10-12-21)17(22)13-15-7-5-6-8-16(15)24-4/h5-8H,9-14H2,1-4H3. The first-order chi connectivity index (χ1) is 11.3. The minimum atomic E-state index is -0.00605. The third-order valence-corrected chi connectivity index (χ3v) is 4.20. The Morgan fingerprint density at radius 2 is 1.54 bits per heavy atom. The normalized spacial score (nSPS) is 15.3. The van der Waals surface area contributed by atoms with Gasteiger partial charge in [0.2, 0.25) is 11.8 Å². The van der Waals surface area contributed by atoms with Crippen LogP contribution >= 0.6 is 0 Å². The number of para-hydroxylation sites is 1. The number of nitrogens with zero attached hydrogens (tertiary/aromatic N) is 2. The first-order valence-electron chi connectivity index (χ1n) is 8.47. The van der Waals surface area contributed by atoms with Gasteiger partial charge in [0.05, 0.1) is 13.5 Å². The van der Waals surface area contributed by atoms with Gasteiger partial charge in [-0.15, -0.1) is 0 Å². The number of hydrogen-bond acceptors (Lipinski definition) is 3. The number of ether oxygens (including phenoxy) is 1. The minimum Gasteiger partial charge on any atom is -0.496 e. The number of rotatable bonds is 4. The number of amides is 2. The van der Waals surface area contributed by atoms with E-state index in [1.54, 1.807) is 7.11 Å². The van der Waals surface area contributed by atoms with Gasteiger partial charge in [-0.25, -0.2) is 0 Å². The van der Waals surface area contributed by atoms with E-state index >= 15 is 0 Å². The van der Waals surface area contributed by atoms with Crippen LogP contribution in [0.1, 0.15) is 32.8 Å². The highest BCUT2D eigenvalue weighted by molar-refractivity contribution is 5.80. The molecule has 1 fully saturated rings. The molecule has 132 valence electrons. The van der Waals surface area contributed by atoms with Gasteiger partial charge < -0.3 is 14.5 Å². The number of benzene rings is 1. The van der Waals surface area contributed by atoms with Gasteiger partial charge in [-0.3, -0.25) is 9.59 Å². The van der Waals surface area contributed by atoms with E-state index < -0.39 is 0 Å². The summed E-state index contributed by atoms with van der Waals surface area (Å²) in [6.45, 7) is 8.64. The second-order valence-electron chi connectivity index (χ2n) is 7.49. The van der Waals surface area contributed by atoms with Crippen LogP contribution in [0.3, 0.4) is 0 Å². The van der Waals surface area contributed by atoms with E-state index in [-0.39, 0.29) is 17.2 Å². The third kappa shape index (κ3) is 4.98. The molecule has 0 aromatic heterocycles. The molecule has 5 nitrogen and oxygen atoms in total. The molecule has 2 rings (SSSR count). The van der Waals surface area contributed by atoms with E-state index in [2.05, 4.69) is 20.8 Å². The molecule has 0 atom stereocenters. The highest BCUT2D eigenvalue weighted by Gasteiger charge is 2.26. The van der Waals surface area contributed by atoms with E-state index in [0.29, 0.717) is 39.0 Å². The Kier molecular flexibility index (Phi) is 5.86. The fourth-order valence-electron chi connectivity index (χ4n) is 2.89. The molecule has 1 aromatic rings. The minimum absolute atomic E-state index is 0.00605. The summed E-state index contributed by atoms with van der Waals surface area (Å²) in [5, 5.41) is 0. The Morgan fingerprint density at radius 1 is 1.00 bits per heavy atom. The molecule has 1 saturated heterocycles. The zero-order chi connectivity index (χ0) is 17.7. The van der Waals surface area contributed by atoms with E-state index in [9.17, 15) is 9.59 Å². The monoisotopic (exact) mass is 332 g/mol. The summed E-state index contributed by atoms with van der Waals surface area (Å²) >= 11 is 0. The first-order valence-corrected chi connectivity index (χ1v) is 8.47. The van der Waals surface area contributed by atoms with Gasteiger partial charge in [-0.2, -0.15) is 0 Å². The molecular formula is C19H28N2O3. The quantitative estimate of drug-likeness (QED) is 0.850. The topological polar surface area (TPSA) is 49.9 Å². The van der Waals surface area contributed by atoms with Crippen LogP contribution in [0.25, 0.3) is 0 Å². The molecule has 24 heavy (non-hydrogen) atoms. The molecular weight excluding hydrogens is 304 g/mol. The fraction of sp³-hybridized carbons (Fsp3) is 0.579. The number of hydrogen-bond donors (Lipinski definition) is 0. The molecule has 1 aliphatic heterocycles. The van der Waals surface area contributed by atoms with Crippen LogP contribution in [0, 0.1) is 5.41 Å². The van der Waals surface area contributed by atoms with Gasteiger partial charge in [0.15, 0.2) is 0 Å². The zero-order valence-electron chi connectivity index (χ0n) is 15.2. The summed E-state index contributed by atoms with van der Waals surface area (Å²) < 4.78 is 5.30. The summed E-state index contributed by atoms with van der Waals surface area (Å²) in [6.07, 6.45) is 0.877. The lowest BCUT2D eigenvalue weighted by Gasteiger charge is -2.36. The van der Waals surface area contributed by atoms with Crippen molar-refractivity contribution in [2.45, 2.75) is 33.6 Å². The molecule has 0 aliphatic carbocycles. The van der Waals surface area contributed by atoms with E-state index in [1.807, 2.05) is 34.1 Å². The Labute approximate surface area is 144 Å². The number of carbonyl (C=O) groups is 2. The smallest absolute Gasteiger partial charge is 0.227 e. The molecule has 2 amide bonds. The molecule has 0 spiro atoms. The Balaban J connectivity index is 1.88. The van der Waals surface area contributed by atoms with Crippen molar-refractivity contribution in [3.8, 4) is 5.75 Å². The van der Waals surface area contributed by atoms with Crippen LogP contribution in [-0.4, -0.2) is 54.9 Å². The molecule has 1 aromatic carbocycles. The van der Waals surface area contributed by atoms with Crippen molar-refractivity contribution in [1.82, 2.24) is 9.80 Å². The van der Waals surface area contributed by atoms with Crippen molar-refractivity contribution < 1.29 is 14.3 Å². The average molecular weight is 332 g/mol. The molecule has 1 aliphatic rings. The van der Waals surface area contributed by atoms with E-state index in [1.165, 1.54) is 0 Å². The van der Waals surface area contributed by atoms with Crippen LogP contribution in [-0.2, 0) is 16.0 Å². The predicted molar refractivity (Wildman–Crippen MR) is 93.9 cm³/mol. The van der Waals surface area contributed by atoms with Crippen LogP contribution < -0.4 is 4.74 Å². The summed E-state index contributed by atoms with van der Waals surface area (Å²) in [6, 6.07) is 7.59. The lowest BCUT2D eigenvalue weighted by molar-refractivity contribution is -0.140. The van der Waals surface area contributed by atoms with Gasteiger partial charge in [0, 0.05) is 38.2 Å². The number of methoxy groups -OCH3 is 1. The summed E-state index contributed by atoms with van der Waals surface area (Å²) in [5.41, 5.74) is 0.893. The lowest BCUT2D eigenvalue weighted by Crippen LogP contribution is -2.51. The third-order valence-electron chi connectivity index (χ3n) is 4.20. The van der Waals surface area contributed by atoms with Crippen LogP contribution in [0.4, 0.5) is 0 Å². The largest absolute Gasteiger partial charge is 0.496 e. The van der Waals surface area contributed by atoms with Crippen molar-refractivity contribution in [2.75, 3.05) is 33.3 Å². The van der Waals surface area contributed by atoms with Gasteiger partial charge >= 0.3 is 0 Å². The second kappa shape index (κ2) is 7.69. The van der Waals surface area contributed by atoms with E-state index in [0.717, 1.165) is 11.3 Å². The van der Waals surface area contributed by atoms with Crippen molar-refractivity contribution in [3.63, 3.8) is 0 Å². The fourth-order valence-corrected chi connectivity index (χ4v) is 2.89. The summed E-state index contributed by atoms with van der Waals surface area (Å²) in [5.74, 6) is 1.01. The van der Waals surface area contributed by atoms with Crippen molar-refractivity contribution >= 4 is 11.8 Å². The van der Waals surface area contributed by atoms with Crippen LogP contribution in [0.2, 0.25) is 0 Å². The Hall–Kier alpha value is -2.04. The summed E-state index contributed by atoms with van der Waals surface area (Å²) in [7, 11) is 1.61. The van der Waals surface area contributed by atoms with Crippen LogP contribution in [0.5, 0.6) is 5.75 Å². The maximum absolute atomic E-state index is 12.5. The summed E-state index contributed by atoms with van der Waals surface area (Å²) in [4.78, 5) is 28.5. The molecule has 0 bridgehead atoms. The number of carbonyl (C=O) groups excluding carboxylic acids is 2. The molecule has 0 unspecified atom stereocenters. The lowest BCUT2D eigenvalue weighted by atomic mass is 9.91. The molecule has 0 radical (unpaired) electrons. The van der Waals surface area contributed by atoms with Gasteiger partial charge in [0.1, 0.15) is 5.75 Å². The van der Waals surface area contributed by atoms with E-state index in [4.69, 9.17) is 4.74 Å². The van der Waals surface area contributed by atoms with Gasteiger partial charge in [-0.05, 0) is 11.5 Å². The van der Waals surface area contributed by atoms with Crippen LogP contribution in [0.15, 0.2) is 24.3 Å². The van der Waals surface area contributed by atoms with Crippen molar-refractivity contribution in [1.29, 1.82) is 0 Å². The maximum Gasteiger partial charge on any atom is 0.227 e. The molecule has 0 N–H and O–H groups in total. The predicted octanol–water partition coefficient (Wildman–Crippen LogP) is 2.34. The zero-order valence-corrected chi connectivity index (χ0v) is 15.2. The Bertz CT molecular complexity index is 585. The average Bonchev–Trinajstić information content (AvgIpc) is 2.54. The molecule has 0 saturated carbocycles. The van der Waals surface area contributed by atoms with Gasteiger partial charge in [-0.1, -0.05) is 39.0 Å². The highest BCUT2D eigenvalue weighted by Crippen LogP contribution is 2.21. The first kappa shape index (κ1) is 18.3. The molecule has 5 heteroatoms. The molecule has 1 heterocycles. The number of piperazine rings is 1. The van der Waals surface area contributed by atoms with Crippen molar-refractivity contribution in [3.05, 3.63) is 29.8 Å². The SMILES string of the molecule is COc1ccccc1CC(=O)N1CCN(C(=O)CC(C)(C)C)CC1. The Morgan fingerprint density at radius 3 is 2.08 bits per heavy atom. The second-order valence-corrected chi connectivity index (χ2v) is 7.49. The van der Waals surface area contributed by atoms with Crippen molar-refractivity contribution in [2.24, 2.45) is 5.41 Å². The van der Waals surface area contributed by atoms with Gasteiger partial charge in [0.25, 0.3) is 0 Å². The highest BCUT2D eigenvalue weighted by atomic mass is 16.5. The maximum atomic E-state index is 12.5.